The summed E-state index contributed by atoms with van der Waals surface area (Å²) in [6.45, 7) is 4.84. The van der Waals surface area contributed by atoms with Crippen LogP contribution in [0.1, 0.15) is 52.5 Å². The Balaban J connectivity index is 1.45. The van der Waals surface area contributed by atoms with E-state index in [0.29, 0.717) is 6.54 Å². The first kappa shape index (κ1) is 23.7. The molecule has 188 valence electrons. The molecule has 0 fully saturated rings. The number of fused-ring (bicyclic) bond motifs is 3. The van der Waals surface area contributed by atoms with Gasteiger partial charge < -0.3 is 8.98 Å². The average molecular weight is 502 g/mol. The first-order valence-corrected chi connectivity index (χ1v) is 12.9. The van der Waals surface area contributed by atoms with Gasteiger partial charge in [0.25, 0.3) is 0 Å². The van der Waals surface area contributed by atoms with Crippen LogP contribution in [0.25, 0.3) is 28.1 Å². The summed E-state index contributed by atoms with van der Waals surface area (Å²) in [5.41, 5.74) is 10.6. The Morgan fingerprint density at radius 1 is 1.11 bits per heavy atom. The molecule has 38 heavy (non-hydrogen) atoms. The van der Waals surface area contributed by atoms with Crippen molar-refractivity contribution in [2.75, 3.05) is 0 Å². The van der Waals surface area contributed by atoms with Gasteiger partial charge in [0.2, 0.25) is 5.89 Å². The fourth-order valence-electron chi connectivity index (χ4n) is 5.54. The van der Waals surface area contributed by atoms with E-state index in [9.17, 15) is 10.1 Å². The lowest BCUT2D eigenvalue weighted by molar-refractivity contribution is 0.527. The second-order valence-electron chi connectivity index (χ2n) is 9.78. The van der Waals surface area contributed by atoms with E-state index < -0.39 is 5.76 Å². The van der Waals surface area contributed by atoms with Crippen molar-refractivity contribution in [3.8, 4) is 17.5 Å². The molecule has 0 atom stereocenters. The summed E-state index contributed by atoms with van der Waals surface area (Å²) in [5.74, 6) is 0.722. The molecule has 3 aromatic carbocycles. The Labute approximate surface area is 220 Å². The van der Waals surface area contributed by atoms with Crippen molar-refractivity contribution in [3.63, 3.8) is 0 Å². The second-order valence-corrected chi connectivity index (χ2v) is 9.78. The summed E-state index contributed by atoms with van der Waals surface area (Å²) in [6, 6.07) is 21.2. The van der Waals surface area contributed by atoms with E-state index in [1.54, 1.807) is 6.08 Å². The van der Waals surface area contributed by atoms with Crippen LogP contribution in [0.4, 0.5) is 0 Å². The van der Waals surface area contributed by atoms with Crippen molar-refractivity contribution in [2.45, 2.75) is 46.1 Å². The van der Waals surface area contributed by atoms with E-state index in [4.69, 9.17) is 9.40 Å². The normalized spacial score (nSPS) is 13.8. The number of nitrogens with zero attached hydrogens (tertiary/aromatic N) is 4. The number of aromatic nitrogens is 4. The highest BCUT2D eigenvalue weighted by Crippen LogP contribution is 2.34. The molecule has 0 saturated heterocycles. The van der Waals surface area contributed by atoms with Crippen LogP contribution in [0.15, 0.2) is 69.9 Å². The maximum atomic E-state index is 11.6. The number of aryl methyl sites for hydroxylation is 4. The Bertz CT molecular complexity index is 1810. The van der Waals surface area contributed by atoms with Crippen molar-refractivity contribution < 1.29 is 4.42 Å². The molecule has 0 bridgehead atoms. The number of allylic oxidation sites excluding steroid dienone is 1. The number of imidazole rings is 1. The van der Waals surface area contributed by atoms with Gasteiger partial charge in [0.1, 0.15) is 5.82 Å². The van der Waals surface area contributed by atoms with Gasteiger partial charge in [0.15, 0.2) is 0 Å². The molecule has 1 N–H and O–H groups in total. The number of rotatable bonds is 5. The largest absolute Gasteiger partial charge is 0.434 e. The Kier molecular flexibility index (Phi) is 6.01. The predicted molar refractivity (Wildman–Crippen MR) is 147 cm³/mol. The van der Waals surface area contributed by atoms with Crippen molar-refractivity contribution in [2.24, 2.45) is 0 Å². The molecule has 1 aliphatic carbocycles. The number of H-pyrrole nitrogens is 1. The van der Waals surface area contributed by atoms with Gasteiger partial charge in [-0.05, 0) is 77.3 Å². The Morgan fingerprint density at radius 2 is 1.92 bits per heavy atom. The van der Waals surface area contributed by atoms with E-state index >= 15 is 0 Å². The molecule has 6 rings (SSSR count). The number of aromatic amines is 1. The third-order valence-corrected chi connectivity index (χ3v) is 7.26. The van der Waals surface area contributed by atoms with Crippen molar-refractivity contribution in [3.05, 3.63) is 110 Å². The van der Waals surface area contributed by atoms with Crippen LogP contribution in [0.2, 0.25) is 0 Å². The summed E-state index contributed by atoms with van der Waals surface area (Å²) >= 11 is 0. The molecule has 0 spiro atoms. The zero-order chi connectivity index (χ0) is 26.2. The molecule has 7 nitrogen and oxygen atoms in total. The molecule has 5 aromatic rings. The highest BCUT2D eigenvalue weighted by Gasteiger charge is 2.20. The quantitative estimate of drug-likeness (QED) is 0.309. The lowest BCUT2D eigenvalue weighted by Crippen LogP contribution is -2.06. The summed E-state index contributed by atoms with van der Waals surface area (Å²) < 4.78 is 7.50. The SMILES string of the molecule is CCCc1nc2c(C)cc(-c3n[nH]c(=O)o3)cc2n1Cc1ccc2c(c1)CCc1ccccc1C2=CC#N. The van der Waals surface area contributed by atoms with Crippen molar-refractivity contribution in [1.29, 1.82) is 5.26 Å². The minimum Gasteiger partial charge on any atom is -0.388 e. The van der Waals surface area contributed by atoms with Crippen LogP contribution in [0.3, 0.4) is 0 Å². The van der Waals surface area contributed by atoms with Crippen molar-refractivity contribution >= 4 is 16.6 Å². The number of nitrogens with one attached hydrogen (secondary N) is 1. The van der Waals surface area contributed by atoms with Gasteiger partial charge in [0.05, 0.1) is 17.1 Å². The smallest absolute Gasteiger partial charge is 0.388 e. The fraction of sp³-hybridized carbons (Fsp3) is 0.226. The predicted octanol–water partition coefficient (Wildman–Crippen LogP) is 5.74. The van der Waals surface area contributed by atoms with Gasteiger partial charge in [0, 0.05) is 24.6 Å². The molecule has 1 aliphatic rings. The summed E-state index contributed by atoms with van der Waals surface area (Å²) in [4.78, 5) is 16.6. The molecule has 0 aliphatic heterocycles. The molecule has 2 aromatic heterocycles. The van der Waals surface area contributed by atoms with Crippen LogP contribution < -0.4 is 5.76 Å². The maximum absolute atomic E-state index is 11.6. The van der Waals surface area contributed by atoms with Gasteiger partial charge in [-0.15, -0.1) is 5.10 Å². The van der Waals surface area contributed by atoms with E-state index in [2.05, 4.69) is 64.2 Å². The minimum absolute atomic E-state index is 0.270. The van der Waals surface area contributed by atoms with Crippen LogP contribution in [-0.4, -0.2) is 19.7 Å². The van der Waals surface area contributed by atoms with Crippen LogP contribution in [0, 0.1) is 18.3 Å². The molecule has 0 saturated carbocycles. The van der Waals surface area contributed by atoms with Crippen LogP contribution >= 0.6 is 0 Å². The van der Waals surface area contributed by atoms with E-state index in [0.717, 1.165) is 70.4 Å². The molecule has 2 heterocycles. The zero-order valence-corrected chi connectivity index (χ0v) is 21.4. The van der Waals surface area contributed by atoms with Gasteiger partial charge in [-0.3, -0.25) is 0 Å². The third kappa shape index (κ3) is 4.14. The van der Waals surface area contributed by atoms with Gasteiger partial charge in [-0.25, -0.2) is 14.9 Å². The van der Waals surface area contributed by atoms with Crippen LogP contribution in [0.5, 0.6) is 0 Å². The Hall–Kier alpha value is -4.70. The molecule has 7 heteroatoms. The first-order valence-electron chi connectivity index (χ1n) is 12.9. The molecule has 0 amide bonds. The lowest BCUT2D eigenvalue weighted by Gasteiger charge is -2.14. The highest BCUT2D eigenvalue weighted by molar-refractivity contribution is 5.86. The maximum Gasteiger partial charge on any atom is 0.434 e. The molecule has 0 radical (unpaired) electrons. The standard InChI is InChI=1S/C31H27N5O2/c1-3-6-28-33-29-19(2)15-23(30-34-35-31(37)38-30)17-27(29)36(28)18-20-9-12-25-22(16-20)11-10-21-7-4-5-8-24(21)26(25)13-14-32/h4-5,7-9,12-13,15-17H,3,6,10-11,18H2,1-2H3,(H,35,37). The summed E-state index contributed by atoms with van der Waals surface area (Å²) in [6.07, 6.45) is 5.35. The molecular formula is C31H27N5O2. The highest BCUT2D eigenvalue weighted by atomic mass is 16.4. The molecular weight excluding hydrogens is 474 g/mol. The van der Waals surface area contributed by atoms with E-state index in [-0.39, 0.29) is 5.89 Å². The topological polar surface area (TPSA) is 100 Å². The van der Waals surface area contributed by atoms with Crippen LogP contribution in [-0.2, 0) is 25.8 Å². The third-order valence-electron chi connectivity index (χ3n) is 7.26. The van der Waals surface area contributed by atoms with Crippen molar-refractivity contribution in [1.82, 2.24) is 19.7 Å². The summed E-state index contributed by atoms with van der Waals surface area (Å²) in [5, 5.41) is 15.9. The average Bonchev–Trinajstić information content (AvgIpc) is 3.46. The Morgan fingerprint density at radius 3 is 2.71 bits per heavy atom. The molecule has 0 unspecified atom stereocenters. The zero-order valence-electron chi connectivity index (χ0n) is 21.4. The van der Waals surface area contributed by atoms with Gasteiger partial charge >= 0.3 is 5.76 Å². The summed E-state index contributed by atoms with van der Waals surface area (Å²) in [7, 11) is 0. The monoisotopic (exact) mass is 501 g/mol. The number of benzene rings is 3. The van der Waals surface area contributed by atoms with E-state index in [1.807, 2.05) is 25.1 Å². The number of nitriles is 1. The minimum atomic E-state index is -0.574. The van der Waals surface area contributed by atoms with Gasteiger partial charge in [-0.2, -0.15) is 5.26 Å². The fourth-order valence-corrected chi connectivity index (χ4v) is 5.54. The van der Waals surface area contributed by atoms with E-state index in [1.165, 1.54) is 16.7 Å². The number of hydrogen-bond donors (Lipinski definition) is 1. The lowest BCUT2D eigenvalue weighted by atomic mass is 9.93. The van der Waals surface area contributed by atoms with Gasteiger partial charge in [-0.1, -0.05) is 49.4 Å². The first-order chi connectivity index (χ1) is 18.6. The number of hydrogen-bond acceptors (Lipinski definition) is 5. The second kappa shape index (κ2) is 9.64.